The molecule has 9 nitrogen and oxygen atoms in total. The predicted octanol–water partition coefficient (Wildman–Crippen LogP) is 3.32. The number of amides is 2. The molecule has 4 aliphatic rings. The average molecular weight is 477 g/mol. The summed E-state index contributed by atoms with van der Waals surface area (Å²) in [6, 6.07) is 5.61. The van der Waals surface area contributed by atoms with Crippen molar-refractivity contribution in [3.8, 4) is 17.2 Å². The molecule has 1 atom stereocenters. The van der Waals surface area contributed by atoms with E-state index in [1.165, 1.54) is 18.2 Å². The van der Waals surface area contributed by atoms with Gasteiger partial charge in [0.25, 0.3) is 11.8 Å². The minimum absolute atomic E-state index is 0.0899. The van der Waals surface area contributed by atoms with E-state index in [1.54, 1.807) is 13.0 Å². The van der Waals surface area contributed by atoms with Crippen molar-refractivity contribution in [2.45, 2.75) is 63.3 Å². The van der Waals surface area contributed by atoms with Crippen molar-refractivity contribution in [1.29, 1.82) is 0 Å². The molecule has 3 aliphatic carbocycles. The molecule has 3 fully saturated rings. The quantitative estimate of drug-likeness (QED) is 0.657. The molecule has 0 radical (unpaired) electrons. The van der Waals surface area contributed by atoms with Gasteiger partial charge in [-0.05, 0) is 57.1 Å². The third kappa shape index (κ3) is 4.14. The van der Waals surface area contributed by atoms with Crippen molar-refractivity contribution >= 4 is 11.8 Å². The number of carbonyl (C=O) groups excluding carboxylic acids is 2. The molecule has 2 N–H and O–H groups in total. The number of fused-ring (bicyclic) bond motifs is 4. The summed E-state index contributed by atoms with van der Waals surface area (Å²) in [5.74, 6) is -0.270. The van der Waals surface area contributed by atoms with Gasteiger partial charge in [0.05, 0.1) is 5.69 Å². The second-order valence-electron chi connectivity index (χ2n) is 9.44. The van der Waals surface area contributed by atoms with Crippen LogP contribution in [0.4, 0.5) is 8.78 Å². The molecule has 2 bridgehead atoms. The number of hydrogen-bond donors (Lipinski definition) is 2. The van der Waals surface area contributed by atoms with Crippen molar-refractivity contribution in [1.82, 2.24) is 15.8 Å². The molecule has 182 valence electrons. The van der Waals surface area contributed by atoms with Crippen LogP contribution in [0.5, 0.6) is 17.2 Å². The predicted molar refractivity (Wildman–Crippen MR) is 113 cm³/mol. The molecule has 11 heteroatoms. The number of nitrogens with zero attached hydrogens (tertiary/aromatic N) is 1. The Morgan fingerprint density at radius 2 is 1.85 bits per heavy atom. The van der Waals surface area contributed by atoms with Gasteiger partial charge in [-0.25, -0.2) is 0 Å². The van der Waals surface area contributed by atoms with Crippen LogP contribution in [0.1, 0.15) is 55.3 Å². The molecule has 34 heavy (non-hydrogen) atoms. The summed E-state index contributed by atoms with van der Waals surface area (Å²) in [6.07, 6.45) is -0.0910. The molecule has 1 aliphatic heterocycles. The second-order valence-corrected chi connectivity index (χ2v) is 9.44. The number of aromatic nitrogens is 1. The highest BCUT2D eigenvalue weighted by molar-refractivity contribution is 5.92. The Bertz CT molecular complexity index is 1130. The first-order valence-corrected chi connectivity index (χ1v) is 11.2. The van der Waals surface area contributed by atoms with Gasteiger partial charge in [0.1, 0.15) is 5.75 Å². The Balaban J connectivity index is 1.16. The minimum Gasteiger partial charge on any atom is -0.484 e. The summed E-state index contributed by atoms with van der Waals surface area (Å²) in [6.45, 7) is 3.56. The third-order valence-electron chi connectivity index (χ3n) is 7.10. The number of halogens is 2. The lowest BCUT2D eigenvalue weighted by atomic mass is 9.56. The van der Waals surface area contributed by atoms with Crippen LogP contribution in [0, 0.1) is 12.8 Å². The summed E-state index contributed by atoms with van der Waals surface area (Å²) in [5, 5.41) is 10.0. The number of carbonyl (C=O) groups is 2. The van der Waals surface area contributed by atoms with Crippen LogP contribution in [-0.4, -0.2) is 41.0 Å². The zero-order chi connectivity index (χ0) is 24.1. The fourth-order valence-corrected chi connectivity index (χ4v) is 5.33. The van der Waals surface area contributed by atoms with Gasteiger partial charge in [0.15, 0.2) is 18.1 Å². The molecule has 2 aromatic rings. The first kappa shape index (κ1) is 22.4. The van der Waals surface area contributed by atoms with Gasteiger partial charge < -0.3 is 29.4 Å². The van der Waals surface area contributed by atoms with E-state index in [9.17, 15) is 18.4 Å². The van der Waals surface area contributed by atoms with E-state index >= 15 is 0 Å². The molecule has 1 aromatic carbocycles. The monoisotopic (exact) mass is 477 g/mol. The Morgan fingerprint density at radius 3 is 2.53 bits per heavy atom. The number of benzene rings is 1. The normalized spacial score (nSPS) is 28.4. The van der Waals surface area contributed by atoms with Crippen molar-refractivity contribution in [3.05, 3.63) is 35.7 Å². The van der Waals surface area contributed by atoms with Crippen LogP contribution in [0.3, 0.4) is 0 Å². The Hall–Kier alpha value is -3.37. The van der Waals surface area contributed by atoms with E-state index < -0.39 is 6.29 Å². The Labute approximate surface area is 194 Å². The molecule has 2 heterocycles. The Kier molecular flexibility index (Phi) is 5.18. The standard InChI is InChI=1S/C23H25F2N3O6/c1-13-11-21(27-20(30)18-9-14(2)28-34-18)5-7-22(13,8-6-21)26-19(29)12-31-15-3-4-16-17(10-15)33-23(24,25)32-16/h3-4,9-10,13H,5-8,11-12H2,1-2H3,(H,26,29)(H,27,30)/t13-,21?,22?/m0/s1. The van der Waals surface area contributed by atoms with Crippen molar-refractivity contribution < 1.29 is 37.1 Å². The maximum absolute atomic E-state index is 13.2. The van der Waals surface area contributed by atoms with E-state index in [1.807, 2.05) is 0 Å². The van der Waals surface area contributed by atoms with Gasteiger partial charge in [-0.15, -0.1) is 8.78 Å². The summed E-state index contributed by atoms with van der Waals surface area (Å²) < 4.78 is 45.7. The second kappa shape index (κ2) is 7.85. The van der Waals surface area contributed by atoms with Crippen LogP contribution in [0.15, 0.2) is 28.8 Å². The van der Waals surface area contributed by atoms with Gasteiger partial charge in [-0.1, -0.05) is 12.1 Å². The first-order chi connectivity index (χ1) is 16.1. The molecule has 6 rings (SSSR count). The zero-order valence-corrected chi connectivity index (χ0v) is 18.8. The van der Waals surface area contributed by atoms with Crippen molar-refractivity contribution in [3.63, 3.8) is 0 Å². The largest absolute Gasteiger partial charge is 0.586 e. The number of rotatable bonds is 6. The number of ether oxygens (including phenoxy) is 3. The molecule has 0 unspecified atom stereocenters. The molecule has 2 amide bonds. The molecule has 0 saturated heterocycles. The highest BCUT2D eigenvalue weighted by atomic mass is 19.3. The number of alkyl halides is 2. The van der Waals surface area contributed by atoms with E-state index in [0.29, 0.717) is 18.5 Å². The maximum Gasteiger partial charge on any atom is 0.586 e. The molecule has 1 aromatic heterocycles. The SMILES string of the molecule is Cc1cc(C(=O)NC23CCC(NC(=O)COc4ccc5c(c4)OC(F)(F)O5)(CC2)[C@@H](C)C3)on1. The van der Waals surface area contributed by atoms with Crippen LogP contribution < -0.4 is 24.8 Å². The third-order valence-corrected chi connectivity index (χ3v) is 7.10. The van der Waals surface area contributed by atoms with E-state index in [0.717, 1.165) is 19.3 Å². The van der Waals surface area contributed by atoms with Crippen LogP contribution in [0.25, 0.3) is 0 Å². The number of nitrogens with one attached hydrogen (secondary N) is 2. The fourth-order valence-electron chi connectivity index (χ4n) is 5.33. The zero-order valence-electron chi connectivity index (χ0n) is 18.8. The van der Waals surface area contributed by atoms with Gasteiger partial charge in [-0.2, -0.15) is 0 Å². The summed E-state index contributed by atoms with van der Waals surface area (Å²) >= 11 is 0. The smallest absolute Gasteiger partial charge is 0.484 e. The van der Waals surface area contributed by atoms with Crippen LogP contribution in [-0.2, 0) is 4.79 Å². The lowest BCUT2D eigenvalue weighted by Gasteiger charge is -2.57. The fraction of sp³-hybridized carbons (Fsp3) is 0.522. The van der Waals surface area contributed by atoms with Gasteiger partial charge in [0.2, 0.25) is 5.76 Å². The average Bonchev–Trinajstić information content (AvgIpc) is 3.34. The highest BCUT2D eigenvalue weighted by Crippen LogP contribution is 2.50. The first-order valence-electron chi connectivity index (χ1n) is 11.2. The van der Waals surface area contributed by atoms with Crippen LogP contribution in [0.2, 0.25) is 0 Å². The molecular weight excluding hydrogens is 452 g/mol. The molecular formula is C23H25F2N3O6. The summed E-state index contributed by atoms with van der Waals surface area (Å²) in [7, 11) is 0. The lowest BCUT2D eigenvalue weighted by molar-refractivity contribution is -0.286. The van der Waals surface area contributed by atoms with E-state index in [-0.39, 0.29) is 58.4 Å². The van der Waals surface area contributed by atoms with Gasteiger partial charge >= 0.3 is 6.29 Å². The molecule has 3 saturated carbocycles. The van der Waals surface area contributed by atoms with E-state index in [4.69, 9.17) is 9.26 Å². The minimum atomic E-state index is -3.71. The molecule has 0 spiro atoms. The summed E-state index contributed by atoms with van der Waals surface area (Å²) in [4.78, 5) is 25.3. The highest BCUT2D eigenvalue weighted by Gasteiger charge is 2.54. The lowest BCUT2D eigenvalue weighted by Crippen LogP contribution is -2.67. The van der Waals surface area contributed by atoms with E-state index in [2.05, 4.69) is 32.2 Å². The number of aryl methyl sites for hydroxylation is 1. The summed E-state index contributed by atoms with van der Waals surface area (Å²) in [5.41, 5.74) is -0.0764. The van der Waals surface area contributed by atoms with Crippen molar-refractivity contribution in [2.75, 3.05) is 6.61 Å². The van der Waals surface area contributed by atoms with Crippen molar-refractivity contribution in [2.24, 2.45) is 5.92 Å². The van der Waals surface area contributed by atoms with Gasteiger partial charge in [-0.3, -0.25) is 9.59 Å². The topological polar surface area (TPSA) is 112 Å². The Morgan fingerprint density at radius 1 is 1.12 bits per heavy atom. The maximum atomic E-state index is 13.2. The number of hydrogen-bond acceptors (Lipinski definition) is 7. The van der Waals surface area contributed by atoms with Gasteiger partial charge in [0, 0.05) is 23.2 Å². The van der Waals surface area contributed by atoms with Crippen LogP contribution >= 0.6 is 0 Å².